The summed E-state index contributed by atoms with van der Waals surface area (Å²) in [5.41, 5.74) is -0.431. The summed E-state index contributed by atoms with van der Waals surface area (Å²) in [5, 5.41) is 9.14. The summed E-state index contributed by atoms with van der Waals surface area (Å²) in [6, 6.07) is 0. The molecule has 0 bridgehead atoms. The van der Waals surface area contributed by atoms with Crippen LogP contribution >= 0.6 is 0 Å². The van der Waals surface area contributed by atoms with Crippen molar-refractivity contribution in [1.29, 1.82) is 0 Å². The molecule has 1 nitrogen and oxygen atoms in total. The zero-order valence-electron chi connectivity index (χ0n) is 4.65. The van der Waals surface area contributed by atoms with Crippen molar-refractivity contribution in [2.75, 3.05) is 0 Å². The van der Waals surface area contributed by atoms with Crippen molar-refractivity contribution in [3.8, 4) is 0 Å². The zero-order valence-corrected chi connectivity index (χ0v) is 4.65. The minimum Gasteiger partial charge on any atom is -0.399 e. The molecule has 1 atom stereocenters. The van der Waals surface area contributed by atoms with Gasteiger partial charge in [-0.05, 0) is 13.3 Å². The first kappa shape index (κ1) is 5.17. The van der Waals surface area contributed by atoms with Gasteiger partial charge in [-0.25, -0.2) is 0 Å². The first-order chi connectivity index (χ1) is 3.21. The van der Waals surface area contributed by atoms with E-state index in [9.17, 15) is 0 Å². The fraction of sp³-hybridized carbons (Fsp3) is 1.00. The molecule has 0 saturated carbocycles. The first-order valence-electron chi connectivity index (χ1n) is 2.77. The Morgan fingerprint density at radius 3 is 2.57 bits per heavy atom. The molecule has 1 N–H and O–H groups in total. The monoisotopic (exact) mass is 97.1 g/mol. The Morgan fingerprint density at radius 2 is 2.43 bits per heavy atom. The van der Waals surface area contributed by atoms with Gasteiger partial charge in [-0.2, -0.15) is 0 Å². The Hall–Kier alpha value is 0.0249. The van der Waals surface area contributed by atoms with E-state index in [0.717, 1.165) is 19.2 Å². The average molecular weight is 96.9 g/mol. The predicted molar refractivity (Wildman–Crippen MR) is 30.4 cm³/mol. The highest BCUT2D eigenvalue weighted by Crippen LogP contribution is 2.21. The molecule has 1 radical (unpaired) electrons. The molecule has 1 fully saturated rings. The van der Waals surface area contributed by atoms with E-state index in [0.29, 0.717) is 0 Å². The average Bonchev–Trinajstić information content (AvgIpc) is 1.84. The van der Waals surface area contributed by atoms with Gasteiger partial charge in [0, 0.05) is 5.50 Å². The van der Waals surface area contributed by atoms with Crippen LogP contribution in [-0.2, 0) is 0 Å². The van der Waals surface area contributed by atoms with Crippen LogP contribution < -0.4 is 0 Å². The van der Waals surface area contributed by atoms with E-state index in [4.69, 9.17) is 5.11 Å². The lowest BCUT2D eigenvalue weighted by molar-refractivity contribution is 0.144. The minimum absolute atomic E-state index is 0.431. The lowest BCUT2D eigenvalue weighted by Gasteiger charge is -2.12. The quantitative estimate of drug-likeness (QED) is 0.439. The molecule has 0 aromatic carbocycles. The fourth-order valence-corrected chi connectivity index (χ4v) is 0.975. The van der Waals surface area contributed by atoms with Crippen LogP contribution in [0.4, 0.5) is 0 Å². The van der Waals surface area contributed by atoms with E-state index in [1.54, 1.807) is 0 Å². The van der Waals surface area contributed by atoms with Crippen molar-refractivity contribution in [1.82, 2.24) is 0 Å². The van der Waals surface area contributed by atoms with Crippen LogP contribution in [0.1, 0.15) is 19.8 Å². The fourth-order valence-electron chi connectivity index (χ4n) is 0.975. The normalized spacial score (nSPS) is 40.9. The van der Waals surface area contributed by atoms with Crippen LogP contribution in [0, 0.1) is 0 Å². The van der Waals surface area contributed by atoms with E-state index in [1.165, 1.54) is 0 Å². The highest BCUT2D eigenvalue weighted by Gasteiger charge is 2.25. The minimum atomic E-state index is -0.431. The van der Waals surface area contributed by atoms with Crippen LogP contribution in [0.15, 0.2) is 0 Å². The summed E-state index contributed by atoms with van der Waals surface area (Å²) in [6.45, 7) is 1.86. The van der Waals surface area contributed by atoms with Crippen molar-refractivity contribution in [2.45, 2.75) is 31.6 Å². The van der Waals surface area contributed by atoms with E-state index < -0.39 is 5.50 Å². The molecule has 1 unspecified atom stereocenters. The highest BCUT2D eigenvalue weighted by atomic mass is 16.3. The SMILES string of the molecule is CC1(O)[B]CCC1. The van der Waals surface area contributed by atoms with E-state index in [-0.39, 0.29) is 0 Å². The molecule has 0 spiro atoms. The Morgan fingerprint density at radius 1 is 1.71 bits per heavy atom. The molecule has 1 aliphatic rings. The van der Waals surface area contributed by atoms with E-state index in [1.807, 2.05) is 14.2 Å². The zero-order chi connectivity index (χ0) is 5.33. The highest BCUT2D eigenvalue weighted by molar-refractivity contribution is 6.40. The molecule has 0 aliphatic carbocycles. The van der Waals surface area contributed by atoms with E-state index in [2.05, 4.69) is 0 Å². The molecule has 7 heavy (non-hydrogen) atoms. The predicted octanol–water partition coefficient (Wildman–Crippen LogP) is 0.611. The molecule has 0 aromatic rings. The van der Waals surface area contributed by atoms with Crippen LogP contribution in [0.3, 0.4) is 0 Å². The molecular formula is C5H10BO. The second-order valence-electron chi connectivity index (χ2n) is 2.45. The van der Waals surface area contributed by atoms with Gasteiger partial charge in [0.05, 0.1) is 0 Å². The van der Waals surface area contributed by atoms with Gasteiger partial charge in [-0.15, -0.1) is 0 Å². The van der Waals surface area contributed by atoms with Gasteiger partial charge in [0.1, 0.15) is 0 Å². The third-order valence-electron chi connectivity index (χ3n) is 1.47. The third kappa shape index (κ3) is 1.20. The lowest BCUT2D eigenvalue weighted by Crippen LogP contribution is -2.25. The van der Waals surface area contributed by atoms with Crippen LogP contribution in [0.5, 0.6) is 0 Å². The molecule has 1 heterocycles. The Labute approximate surface area is 45.0 Å². The Balaban J connectivity index is 2.40. The van der Waals surface area contributed by atoms with Gasteiger partial charge in [0.15, 0.2) is 7.28 Å². The summed E-state index contributed by atoms with van der Waals surface area (Å²) < 4.78 is 0. The summed E-state index contributed by atoms with van der Waals surface area (Å²) in [6.07, 6.45) is 3.20. The van der Waals surface area contributed by atoms with Gasteiger partial charge < -0.3 is 5.11 Å². The maximum atomic E-state index is 9.14. The lowest BCUT2D eigenvalue weighted by atomic mass is 9.65. The maximum absolute atomic E-state index is 9.14. The second-order valence-corrected chi connectivity index (χ2v) is 2.45. The van der Waals surface area contributed by atoms with E-state index >= 15 is 0 Å². The van der Waals surface area contributed by atoms with Crippen molar-refractivity contribution in [2.24, 2.45) is 0 Å². The van der Waals surface area contributed by atoms with Gasteiger partial charge in [0.2, 0.25) is 0 Å². The number of rotatable bonds is 0. The standard InChI is InChI=1S/C5H10BO/c1-5(7)3-2-4-6-5/h7H,2-4H2,1H3. The second kappa shape index (κ2) is 1.51. The molecule has 1 rings (SSSR count). The molecule has 2 heteroatoms. The molecule has 1 aliphatic heterocycles. The van der Waals surface area contributed by atoms with Gasteiger partial charge in [-0.1, -0.05) is 12.7 Å². The van der Waals surface area contributed by atoms with Crippen molar-refractivity contribution in [3.63, 3.8) is 0 Å². The summed E-state index contributed by atoms with van der Waals surface area (Å²) >= 11 is 0. The number of aliphatic hydroxyl groups is 1. The molecular weight excluding hydrogens is 86.9 g/mol. The molecule has 0 amide bonds. The van der Waals surface area contributed by atoms with Crippen molar-refractivity contribution < 1.29 is 5.11 Å². The van der Waals surface area contributed by atoms with Crippen LogP contribution in [-0.4, -0.2) is 17.9 Å². The Bertz CT molecular complexity index is 62.5. The largest absolute Gasteiger partial charge is 0.399 e. The van der Waals surface area contributed by atoms with Crippen molar-refractivity contribution in [3.05, 3.63) is 0 Å². The summed E-state index contributed by atoms with van der Waals surface area (Å²) in [7, 11) is 1.98. The van der Waals surface area contributed by atoms with Crippen LogP contribution in [0.2, 0.25) is 6.32 Å². The summed E-state index contributed by atoms with van der Waals surface area (Å²) in [5.74, 6) is 0. The van der Waals surface area contributed by atoms with Gasteiger partial charge in [0.25, 0.3) is 0 Å². The number of hydrogen-bond donors (Lipinski definition) is 1. The molecule has 0 aromatic heterocycles. The van der Waals surface area contributed by atoms with Gasteiger partial charge in [-0.3, -0.25) is 0 Å². The maximum Gasteiger partial charge on any atom is 0.153 e. The smallest absolute Gasteiger partial charge is 0.153 e. The Kier molecular flexibility index (Phi) is 1.12. The number of hydrogen-bond acceptors (Lipinski definition) is 1. The molecule has 39 valence electrons. The first-order valence-corrected chi connectivity index (χ1v) is 2.77. The van der Waals surface area contributed by atoms with Gasteiger partial charge >= 0.3 is 0 Å². The molecule has 1 saturated heterocycles. The summed E-state index contributed by atoms with van der Waals surface area (Å²) in [4.78, 5) is 0. The third-order valence-corrected chi connectivity index (χ3v) is 1.47. The van der Waals surface area contributed by atoms with Crippen LogP contribution in [0.25, 0.3) is 0 Å². The topological polar surface area (TPSA) is 20.2 Å². The van der Waals surface area contributed by atoms with Crippen molar-refractivity contribution >= 4 is 7.28 Å².